The van der Waals surface area contributed by atoms with Crippen LogP contribution in [-0.2, 0) is 10.2 Å². The van der Waals surface area contributed by atoms with Gasteiger partial charge in [-0.3, -0.25) is 0 Å². The second kappa shape index (κ2) is 5.25. The molecule has 0 aromatic carbocycles. The Bertz CT molecular complexity index is 355. The third kappa shape index (κ3) is 5.05. The van der Waals surface area contributed by atoms with E-state index in [0.717, 1.165) is 7.05 Å². The summed E-state index contributed by atoms with van der Waals surface area (Å²) >= 11 is 4.54. The van der Waals surface area contributed by atoms with Crippen molar-refractivity contribution in [2.75, 3.05) is 13.6 Å². The van der Waals surface area contributed by atoms with Gasteiger partial charge in [-0.1, -0.05) is 12.2 Å². The fourth-order valence-corrected chi connectivity index (χ4v) is 1.97. The third-order valence-electron chi connectivity index (χ3n) is 1.79. The Morgan fingerprint density at radius 3 is 2.31 bits per heavy atom. The molecule has 0 saturated carbocycles. The molecule has 1 unspecified atom stereocenters. The summed E-state index contributed by atoms with van der Waals surface area (Å²) in [5.74, 6) is 0. The van der Waals surface area contributed by atoms with Crippen molar-refractivity contribution in [2.24, 2.45) is 5.73 Å². The second-order valence-corrected chi connectivity index (χ2v) is 5.32. The van der Waals surface area contributed by atoms with Gasteiger partial charge in [0.1, 0.15) is 6.54 Å². The first-order valence-corrected chi connectivity index (χ1v) is 5.91. The maximum absolute atomic E-state index is 11.8. The molecule has 0 spiro atoms. The van der Waals surface area contributed by atoms with Crippen LogP contribution >= 0.6 is 12.2 Å². The molecule has 0 aliphatic heterocycles. The van der Waals surface area contributed by atoms with Crippen molar-refractivity contribution in [3.8, 4) is 0 Å². The van der Waals surface area contributed by atoms with E-state index in [4.69, 9.17) is 5.73 Å². The van der Waals surface area contributed by atoms with Crippen molar-refractivity contribution in [1.82, 2.24) is 9.03 Å². The van der Waals surface area contributed by atoms with E-state index in [0.29, 0.717) is 4.31 Å². The number of thiocarbonyl (C=S) groups is 1. The van der Waals surface area contributed by atoms with Crippen molar-refractivity contribution in [3.05, 3.63) is 0 Å². The van der Waals surface area contributed by atoms with Gasteiger partial charge in [0.25, 0.3) is 10.2 Å². The molecule has 0 aliphatic carbocycles. The number of hydrogen-bond donors (Lipinski definition) is 2. The number of nitrogens with one attached hydrogen (secondary N) is 1. The molecule has 10 heteroatoms. The minimum Gasteiger partial charge on any atom is -0.392 e. The molecule has 5 nitrogen and oxygen atoms in total. The predicted molar refractivity (Wildman–Crippen MR) is 57.0 cm³/mol. The number of nitrogens with two attached hydrogens (primary N) is 1. The maximum atomic E-state index is 11.8. The van der Waals surface area contributed by atoms with Gasteiger partial charge in [0, 0.05) is 7.05 Å². The van der Waals surface area contributed by atoms with Crippen molar-refractivity contribution in [1.29, 1.82) is 0 Å². The van der Waals surface area contributed by atoms with Gasteiger partial charge in [-0.25, -0.2) is 0 Å². The molecule has 1 atom stereocenters. The molecule has 0 radical (unpaired) electrons. The SMILES string of the molecule is CC(C(N)=S)N(C)S(=O)(=O)NCC(F)(F)F. The van der Waals surface area contributed by atoms with E-state index >= 15 is 0 Å². The van der Waals surface area contributed by atoms with Crippen LogP contribution in [0.1, 0.15) is 6.92 Å². The largest absolute Gasteiger partial charge is 0.402 e. The van der Waals surface area contributed by atoms with Crippen LogP contribution in [0.15, 0.2) is 0 Å². The molecular weight excluding hydrogens is 267 g/mol. The topological polar surface area (TPSA) is 75.4 Å². The lowest BCUT2D eigenvalue weighted by Gasteiger charge is -2.23. The Morgan fingerprint density at radius 1 is 1.56 bits per heavy atom. The summed E-state index contributed by atoms with van der Waals surface area (Å²) < 4.78 is 60.1. The van der Waals surface area contributed by atoms with Crippen molar-refractivity contribution in [2.45, 2.75) is 19.1 Å². The first-order chi connectivity index (χ1) is 6.97. The molecule has 0 rings (SSSR count). The average molecular weight is 279 g/mol. The summed E-state index contributed by atoms with van der Waals surface area (Å²) in [4.78, 5) is -0.125. The molecular formula is C6H12F3N3O2S2. The summed E-state index contributed by atoms with van der Waals surface area (Å²) in [6.07, 6.45) is -4.61. The Morgan fingerprint density at radius 2 is 2.00 bits per heavy atom. The fourth-order valence-electron chi connectivity index (χ4n) is 0.662. The molecule has 0 fully saturated rings. The van der Waals surface area contributed by atoms with Gasteiger partial charge >= 0.3 is 6.18 Å². The van der Waals surface area contributed by atoms with Gasteiger partial charge in [-0.15, -0.1) is 0 Å². The summed E-state index contributed by atoms with van der Waals surface area (Å²) in [7, 11) is -3.16. The van der Waals surface area contributed by atoms with E-state index in [2.05, 4.69) is 12.2 Å². The van der Waals surface area contributed by atoms with E-state index in [9.17, 15) is 21.6 Å². The smallest absolute Gasteiger partial charge is 0.392 e. The second-order valence-electron chi connectivity index (χ2n) is 3.04. The van der Waals surface area contributed by atoms with Crippen molar-refractivity contribution in [3.63, 3.8) is 0 Å². The highest BCUT2D eigenvalue weighted by atomic mass is 32.2. The number of likely N-dealkylation sites (N-methyl/N-ethyl adjacent to an activating group) is 1. The standard InChI is InChI=1S/C6H12F3N3O2S2/c1-4(5(10)15)12(2)16(13,14)11-3-6(7,8)9/h4,11H,3H2,1-2H3,(H2,10,15). The van der Waals surface area contributed by atoms with Crippen LogP contribution in [0.4, 0.5) is 13.2 Å². The quantitative estimate of drug-likeness (QED) is 0.694. The Hall–Kier alpha value is -0.450. The zero-order chi connectivity index (χ0) is 13.1. The van der Waals surface area contributed by atoms with Gasteiger partial charge in [0.15, 0.2) is 0 Å². The molecule has 0 aliphatic rings. The summed E-state index contributed by atoms with van der Waals surface area (Å²) in [5, 5.41) is 0. The minimum absolute atomic E-state index is 0.125. The van der Waals surface area contributed by atoms with Crippen LogP contribution in [-0.4, -0.2) is 43.5 Å². The van der Waals surface area contributed by atoms with E-state index < -0.39 is 29.0 Å². The molecule has 16 heavy (non-hydrogen) atoms. The zero-order valence-corrected chi connectivity index (χ0v) is 10.2. The Kier molecular flexibility index (Phi) is 5.11. The number of alkyl halides is 3. The molecule has 0 bridgehead atoms. The van der Waals surface area contributed by atoms with Crippen LogP contribution in [0.2, 0.25) is 0 Å². The Balaban J connectivity index is 4.62. The van der Waals surface area contributed by atoms with Crippen LogP contribution < -0.4 is 10.5 Å². The molecule has 0 amide bonds. The monoisotopic (exact) mass is 279 g/mol. The molecule has 3 N–H and O–H groups in total. The van der Waals surface area contributed by atoms with Crippen LogP contribution in [0.5, 0.6) is 0 Å². The van der Waals surface area contributed by atoms with Crippen LogP contribution in [0.25, 0.3) is 0 Å². The van der Waals surface area contributed by atoms with E-state index in [-0.39, 0.29) is 4.99 Å². The highest BCUT2D eigenvalue weighted by molar-refractivity contribution is 7.87. The number of nitrogens with zero attached hydrogens (tertiary/aromatic N) is 1. The first-order valence-electron chi connectivity index (χ1n) is 4.06. The van der Waals surface area contributed by atoms with E-state index in [1.165, 1.54) is 11.6 Å². The molecule has 0 aromatic rings. The van der Waals surface area contributed by atoms with Crippen molar-refractivity contribution < 1.29 is 21.6 Å². The van der Waals surface area contributed by atoms with Crippen LogP contribution in [0.3, 0.4) is 0 Å². The minimum atomic E-state index is -4.61. The third-order valence-corrected chi connectivity index (χ3v) is 3.72. The average Bonchev–Trinajstić information content (AvgIpc) is 2.11. The normalized spacial score (nSPS) is 15.1. The summed E-state index contributed by atoms with van der Waals surface area (Å²) in [6.45, 7) is -0.265. The molecule has 0 heterocycles. The highest BCUT2D eigenvalue weighted by Crippen LogP contribution is 2.13. The molecule has 0 saturated heterocycles. The van der Waals surface area contributed by atoms with E-state index in [1.54, 1.807) is 0 Å². The number of rotatable bonds is 5. The lowest BCUT2D eigenvalue weighted by atomic mass is 10.3. The van der Waals surface area contributed by atoms with Gasteiger partial charge in [-0.05, 0) is 6.92 Å². The first kappa shape index (κ1) is 15.6. The lowest BCUT2D eigenvalue weighted by molar-refractivity contribution is -0.121. The van der Waals surface area contributed by atoms with Gasteiger partial charge in [-0.2, -0.15) is 30.6 Å². The van der Waals surface area contributed by atoms with Crippen molar-refractivity contribution >= 4 is 27.4 Å². The zero-order valence-electron chi connectivity index (χ0n) is 8.58. The highest BCUT2D eigenvalue weighted by Gasteiger charge is 2.32. The fraction of sp³-hybridized carbons (Fsp3) is 0.833. The predicted octanol–water partition coefficient (Wildman–Crippen LogP) is -0.0105. The van der Waals surface area contributed by atoms with E-state index in [1.807, 2.05) is 0 Å². The van der Waals surface area contributed by atoms with Gasteiger partial charge < -0.3 is 5.73 Å². The van der Waals surface area contributed by atoms with Gasteiger partial charge in [0.05, 0.1) is 11.0 Å². The summed E-state index contributed by atoms with van der Waals surface area (Å²) in [5.41, 5.74) is 5.19. The van der Waals surface area contributed by atoms with Crippen LogP contribution in [0, 0.1) is 0 Å². The Labute approximate surface area is 97.0 Å². The molecule has 0 aromatic heterocycles. The lowest BCUT2D eigenvalue weighted by Crippen LogP contribution is -2.49. The number of halogens is 3. The number of hydrogen-bond acceptors (Lipinski definition) is 3. The summed E-state index contributed by atoms with van der Waals surface area (Å²) in [6, 6.07) is -0.860. The maximum Gasteiger partial charge on any atom is 0.402 e. The van der Waals surface area contributed by atoms with Gasteiger partial charge in [0.2, 0.25) is 0 Å². The molecule has 96 valence electrons.